The fraction of sp³-hybridized carbons (Fsp3) is 0.600. The van der Waals surface area contributed by atoms with Gasteiger partial charge >= 0.3 is 0 Å². The minimum atomic E-state index is -1.48. The molecule has 0 saturated heterocycles. The van der Waals surface area contributed by atoms with E-state index in [4.69, 9.17) is 5.73 Å². The molecule has 0 bridgehead atoms. The van der Waals surface area contributed by atoms with Crippen LogP contribution in [-0.4, -0.2) is 69.0 Å². The molecule has 0 saturated carbocycles. The first-order valence-corrected chi connectivity index (χ1v) is 25.1. The zero-order valence-electron chi connectivity index (χ0n) is 33.5. The minimum absolute atomic E-state index is 0. The number of hydrogen-bond acceptors (Lipinski definition) is 1. The lowest BCUT2D eigenvalue weighted by Crippen LogP contribution is -3.00. The van der Waals surface area contributed by atoms with E-state index >= 15 is 0 Å². The van der Waals surface area contributed by atoms with E-state index in [0.717, 1.165) is 13.0 Å². The summed E-state index contributed by atoms with van der Waals surface area (Å²) in [5.74, 6) is 0. The number of quaternary nitrogens is 1. The predicted molar refractivity (Wildman–Crippen MR) is 228 cm³/mol. The SMILES string of the molecule is CCCC[N+](C)(CCCN)CCCCCCCCCC[P+](CCCC[P+](C)(CCCC)c1ccccc1)(c1ccccc1)c1ccccc1.[Br-].[Br-].[Br-]. The van der Waals surface area contributed by atoms with Gasteiger partial charge in [-0.25, -0.2) is 0 Å². The van der Waals surface area contributed by atoms with Gasteiger partial charge in [0.05, 0.1) is 81.2 Å². The van der Waals surface area contributed by atoms with Gasteiger partial charge in [0, 0.05) is 13.7 Å². The van der Waals surface area contributed by atoms with E-state index in [9.17, 15) is 0 Å². The van der Waals surface area contributed by atoms with E-state index in [1.807, 2.05) is 0 Å². The number of halogens is 3. The summed E-state index contributed by atoms with van der Waals surface area (Å²) in [5, 5.41) is 4.90. The molecule has 0 aliphatic rings. The Kier molecular flexibility index (Phi) is 30.0. The third kappa shape index (κ3) is 18.2. The van der Waals surface area contributed by atoms with Crippen LogP contribution in [0.5, 0.6) is 0 Å². The Morgan fingerprint density at radius 1 is 0.442 bits per heavy atom. The molecular weight excluding hydrogens is 870 g/mol. The molecule has 0 amide bonds. The maximum atomic E-state index is 5.86. The summed E-state index contributed by atoms with van der Waals surface area (Å²) in [6, 6.07) is 35.0. The van der Waals surface area contributed by atoms with Crippen molar-refractivity contribution >= 4 is 30.4 Å². The van der Waals surface area contributed by atoms with Crippen LogP contribution in [0.3, 0.4) is 0 Å². The van der Waals surface area contributed by atoms with Crippen LogP contribution in [0.4, 0.5) is 0 Å². The highest BCUT2D eigenvalue weighted by molar-refractivity contribution is 7.89. The molecule has 0 aliphatic heterocycles. The minimum Gasteiger partial charge on any atom is -1.00 e. The van der Waals surface area contributed by atoms with Crippen molar-refractivity contribution in [2.75, 3.05) is 64.5 Å². The second-order valence-electron chi connectivity index (χ2n) is 15.4. The molecule has 2 N–H and O–H groups in total. The van der Waals surface area contributed by atoms with Crippen LogP contribution in [0.15, 0.2) is 91.0 Å². The molecule has 52 heavy (non-hydrogen) atoms. The lowest BCUT2D eigenvalue weighted by molar-refractivity contribution is -0.910. The van der Waals surface area contributed by atoms with Crippen LogP contribution in [-0.2, 0) is 0 Å². The van der Waals surface area contributed by atoms with Gasteiger partial charge < -0.3 is 61.2 Å². The zero-order chi connectivity index (χ0) is 35.1. The van der Waals surface area contributed by atoms with Gasteiger partial charge in [0.25, 0.3) is 0 Å². The topological polar surface area (TPSA) is 26.0 Å². The third-order valence-corrected chi connectivity index (χ3v) is 20.2. The van der Waals surface area contributed by atoms with Crippen LogP contribution in [0.1, 0.15) is 110 Å². The van der Waals surface area contributed by atoms with E-state index in [1.165, 1.54) is 139 Å². The Bertz CT molecular complexity index is 1190. The van der Waals surface area contributed by atoms with Gasteiger partial charge in [-0.15, -0.1) is 0 Å². The molecule has 2 nitrogen and oxygen atoms in total. The molecule has 3 rings (SSSR count). The Hall–Kier alpha value is -0.120. The Morgan fingerprint density at radius 3 is 1.29 bits per heavy atom. The van der Waals surface area contributed by atoms with Crippen molar-refractivity contribution in [2.45, 2.75) is 110 Å². The second kappa shape index (κ2) is 30.1. The van der Waals surface area contributed by atoms with E-state index < -0.39 is 14.5 Å². The van der Waals surface area contributed by atoms with Gasteiger partial charge in [-0.2, -0.15) is 0 Å². The number of hydrogen-bond donors (Lipinski definition) is 1. The predicted octanol–water partition coefficient (Wildman–Crippen LogP) is 1.94. The highest BCUT2D eigenvalue weighted by atomic mass is 79.9. The molecule has 296 valence electrons. The molecule has 7 heteroatoms. The summed E-state index contributed by atoms with van der Waals surface area (Å²) in [4.78, 5) is 0. The fourth-order valence-corrected chi connectivity index (χ4v) is 16.1. The monoisotopic (exact) mass is 942 g/mol. The average molecular weight is 946 g/mol. The first-order valence-electron chi connectivity index (χ1n) is 20.3. The normalized spacial score (nSPS) is 13.6. The molecule has 0 heterocycles. The highest BCUT2D eigenvalue weighted by Gasteiger charge is 2.42. The van der Waals surface area contributed by atoms with E-state index in [2.05, 4.69) is 119 Å². The molecule has 0 radical (unpaired) electrons. The third-order valence-electron chi connectivity index (χ3n) is 11.3. The van der Waals surface area contributed by atoms with Gasteiger partial charge in [0.15, 0.2) is 0 Å². The number of benzene rings is 3. The van der Waals surface area contributed by atoms with Gasteiger partial charge in [-0.05, 0) is 94.3 Å². The lowest BCUT2D eigenvalue weighted by atomic mass is 10.1. The molecule has 0 aromatic heterocycles. The summed E-state index contributed by atoms with van der Waals surface area (Å²) < 4.78 is 1.23. The maximum Gasteiger partial charge on any atom is 0.0991 e. The Morgan fingerprint density at radius 2 is 0.808 bits per heavy atom. The van der Waals surface area contributed by atoms with Crippen LogP contribution in [0.25, 0.3) is 0 Å². The van der Waals surface area contributed by atoms with Gasteiger partial charge in [0.2, 0.25) is 0 Å². The van der Waals surface area contributed by atoms with Crippen LogP contribution < -0.4 is 72.6 Å². The zero-order valence-corrected chi connectivity index (χ0v) is 40.0. The number of unbranched alkanes of at least 4 members (excludes halogenated alkanes) is 10. The van der Waals surface area contributed by atoms with Gasteiger partial charge in [-0.3, -0.25) is 0 Å². The summed E-state index contributed by atoms with van der Waals surface area (Å²) in [5.41, 5.74) is 5.86. The molecule has 2 unspecified atom stereocenters. The summed E-state index contributed by atoms with van der Waals surface area (Å²) in [6.45, 7) is 12.0. The van der Waals surface area contributed by atoms with E-state index in [0.29, 0.717) is 0 Å². The number of nitrogens with two attached hydrogens (primary N) is 1. The molecule has 3 aromatic rings. The van der Waals surface area contributed by atoms with Crippen molar-refractivity contribution in [3.63, 3.8) is 0 Å². The van der Waals surface area contributed by atoms with E-state index in [1.54, 1.807) is 15.9 Å². The van der Waals surface area contributed by atoms with Gasteiger partial charge in [0.1, 0.15) is 0 Å². The molecular formula is C45H75Br3N2P2. The van der Waals surface area contributed by atoms with Crippen molar-refractivity contribution < 1.29 is 55.4 Å². The van der Waals surface area contributed by atoms with Crippen LogP contribution in [0.2, 0.25) is 0 Å². The van der Waals surface area contributed by atoms with Crippen molar-refractivity contribution in [2.24, 2.45) is 5.73 Å². The number of rotatable bonds is 28. The summed E-state index contributed by atoms with van der Waals surface area (Å²) in [6.07, 6.45) is 25.7. The van der Waals surface area contributed by atoms with Crippen molar-refractivity contribution in [1.82, 2.24) is 0 Å². The van der Waals surface area contributed by atoms with Crippen molar-refractivity contribution in [1.29, 1.82) is 0 Å². The standard InChI is InChI=1S/C45H75N2P2.3BrH/c1-5-7-36-47(3,38-28-35-46)37-24-13-11-9-10-12-14-25-41-49(44-31-20-16-21-32-44,45-33-22-17-23-34-45)42-27-26-40-48(4,39-8-6-2)43-29-18-15-19-30-43;;;/h15-23,29-34H,5-14,24-28,35-42,46H2,1-4H3;3*1H/q+3;;;/p-3. The quantitative estimate of drug-likeness (QED) is 0.0674. The first kappa shape index (κ1) is 51.9. The first-order chi connectivity index (χ1) is 23.9. The van der Waals surface area contributed by atoms with Crippen molar-refractivity contribution in [3.05, 3.63) is 91.0 Å². The Labute approximate surface area is 354 Å². The largest absolute Gasteiger partial charge is 1.00 e. The van der Waals surface area contributed by atoms with E-state index in [-0.39, 0.29) is 50.9 Å². The summed E-state index contributed by atoms with van der Waals surface area (Å²) in [7, 11) is -0.128. The number of nitrogens with zero attached hydrogens (tertiary/aromatic N) is 1. The smallest absolute Gasteiger partial charge is 0.0991 e. The maximum absolute atomic E-state index is 5.86. The fourth-order valence-electron chi connectivity index (χ4n) is 8.00. The lowest BCUT2D eigenvalue weighted by Gasteiger charge is -2.35. The van der Waals surface area contributed by atoms with Crippen LogP contribution in [0, 0.1) is 0 Å². The Balaban J connectivity index is 0.00000867. The molecule has 2 atom stereocenters. The van der Waals surface area contributed by atoms with Gasteiger partial charge in [-0.1, -0.05) is 107 Å². The molecule has 0 spiro atoms. The second-order valence-corrected chi connectivity index (χ2v) is 23.5. The molecule has 0 aliphatic carbocycles. The molecule has 3 aromatic carbocycles. The van der Waals surface area contributed by atoms with Crippen LogP contribution >= 0.6 is 14.5 Å². The van der Waals surface area contributed by atoms with Crippen molar-refractivity contribution in [3.8, 4) is 0 Å². The average Bonchev–Trinajstić information content (AvgIpc) is 3.15. The summed E-state index contributed by atoms with van der Waals surface area (Å²) >= 11 is 0. The highest BCUT2D eigenvalue weighted by Crippen LogP contribution is 2.59. The molecule has 0 fully saturated rings.